The number of sulfonamides is 1. The minimum absolute atomic E-state index is 0.0639. The summed E-state index contributed by atoms with van der Waals surface area (Å²) in [7, 11) is -2.02. The van der Waals surface area contributed by atoms with Gasteiger partial charge in [0.1, 0.15) is 0 Å². The summed E-state index contributed by atoms with van der Waals surface area (Å²) in [4.78, 5) is 0. The van der Waals surface area contributed by atoms with Crippen molar-refractivity contribution < 1.29 is 13.2 Å². The lowest BCUT2D eigenvalue weighted by Crippen LogP contribution is -2.45. The Labute approximate surface area is 104 Å². The van der Waals surface area contributed by atoms with E-state index in [1.807, 2.05) is 13.8 Å². The van der Waals surface area contributed by atoms with Gasteiger partial charge in [-0.2, -0.15) is 9.57 Å². The van der Waals surface area contributed by atoms with Gasteiger partial charge in [-0.15, -0.1) is 0 Å². The second-order valence-electron chi connectivity index (χ2n) is 3.89. The SMILES string of the molecule is CCC(CC)N(CCOC)S(=O)(=O)C(C)C#N. The minimum atomic E-state index is -3.55. The van der Waals surface area contributed by atoms with Crippen molar-refractivity contribution in [3.05, 3.63) is 0 Å². The zero-order valence-corrected chi connectivity index (χ0v) is 11.8. The summed E-state index contributed by atoms with van der Waals surface area (Å²) in [5, 5.41) is 7.77. The van der Waals surface area contributed by atoms with Crippen molar-refractivity contribution in [1.29, 1.82) is 5.26 Å². The van der Waals surface area contributed by atoms with Crippen LogP contribution in [0.3, 0.4) is 0 Å². The van der Waals surface area contributed by atoms with Gasteiger partial charge in [-0.25, -0.2) is 8.42 Å². The summed E-state index contributed by atoms with van der Waals surface area (Å²) >= 11 is 0. The van der Waals surface area contributed by atoms with Crippen molar-refractivity contribution in [2.75, 3.05) is 20.3 Å². The van der Waals surface area contributed by atoms with Crippen LogP contribution in [0.5, 0.6) is 0 Å². The van der Waals surface area contributed by atoms with E-state index in [1.54, 1.807) is 6.07 Å². The van der Waals surface area contributed by atoms with E-state index in [0.29, 0.717) is 13.2 Å². The van der Waals surface area contributed by atoms with Crippen molar-refractivity contribution in [2.45, 2.75) is 44.9 Å². The number of ether oxygens (including phenoxy) is 1. The number of rotatable bonds is 8. The smallest absolute Gasteiger partial charge is 0.230 e. The minimum Gasteiger partial charge on any atom is -0.383 e. The molecule has 1 unspecified atom stereocenters. The summed E-state index contributed by atoms with van der Waals surface area (Å²) in [5.41, 5.74) is 0. The van der Waals surface area contributed by atoms with Gasteiger partial charge >= 0.3 is 0 Å². The van der Waals surface area contributed by atoms with Crippen LogP contribution in [0.4, 0.5) is 0 Å². The first-order chi connectivity index (χ1) is 7.95. The highest BCUT2D eigenvalue weighted by Crippen LogP contribution is 2.17. The summed E-state index contributed by atoms with van der Waals surface area (Å²) in [6.07, 6.45) is 1.47. The summed E-state index contributed by atoms with van der Waals surface area (Å²) in [6.45, 7) is 5.95. The number of methoxy groups -OCH3 is 1. The molecule has 6 heteroatoms. The zero-order chi connectivity index (χ0) is 13.5. The number of hydrogen-bond acceptors (Lipinski definition) is 4. The normalized spacial score (nSPS) is 13.9. The van der Waals surface area contributed by atoms with E-state index >= 15 is 0 Å². The Morgan fingerprint density at radius 2 is 1.88 bits per heavy atom. The fourth-order valence-corrected chi connectivity index (χ4v) is 3.25. The molecular formula is C11H22N2O3S. The molecule has 0 radical (unpaired) electrons. The van der Waals surface area contributed by atoms with Crippen LogP contribution in [0.25, 0.3) is 0 Å². The van der Waals surface area contributed by atoms with Gasteiger partial charge in [-0.05, 0) is 19.8 Å². The molecule has 0 aliphatic carbocycles. The van der Waals surface area contributed by atoms with Crippen molar-refractivity contribution in [1.82, 2.24) is 4.31 Å². The predicted octanol–water partition coefficient (Wildman–Crippen LogP) is 1.37. The van der Waals surface area contributed by atoms with E-state index in [4.69, 9.17) is 10.00 Å². The third kappa shape index (κ3) is 4.26. The maximum Gasteiger partial charge on any atom is 0.230 e. The Morgan fingerprint density at radius 1 is 1.35 bits per heavy atom. The van der Waals surface area contributed by atoms with Gasteiger partial charge in [0.2, 0.25) is 10.0 Å². The van der Waals surface area contributed by atoms with Gasteiger partial charge in [0.15, 0.2) is 5.25 Å². The molecule has 0 N–H and O–H groups in total. The highest BCUT2D eigenvalue weighted by molar-refractivity contribution is 7.90. The Balaban J connectivity index is 5.10. The average Bonchev–Trinajstić information content (AvgIpc) is 2.33. The van der Waals surface area contributed by atoms with Crippen LogP contribution in [0.1, 0.15) is 33.6 Å². The fraction of sp³-hybridized carbons (Fsp3) is 0.909. The summed E-state index contributed by atoms with van der Waals surface area (Å²) in [5.74, 6) is 0. The predicted molar refractivity (Wildman–Crippen MR) is 66.9 cm³/mol. The maximum atomic E-state index is 12.2. The molecule has 0 aromatic heterocycles. The molecule has 100 valence electrons. The highest BCUT2D eigenvalue weighted by Gasteiger charge is 2.32. The van der Waals surface area contributed by atoms with Crippen LogP contribution in [0.2, 0.25) is 0 Å². The molecule has 1 atom stereocenters. The number of nitriles is 1. The van der Waals surface area contributed by atoms with Crippen LogP contribution in [0, 0.1) is 11.3 Å². The second-order valence-corrected chi connectivity index (χ2v) is 6.10. The molecule has 0 aliphatic heterocycles. The molecule has 0 bridgehead atoms. The van der Waals surface area contributed by atoms with Crippen molar-refractivity contribution in [3.8, 4) is 6.07 Å². The monoisotopic (exact) mass is 262 g/mol. The summed E-state index contributed by atoms with van der Waals surface area (Å²) < 4.78 is 30.7. The van der Waals surface area contributed by atoms with E-state index < -0.39 is 15.3 Å². The summed E-state index contributed by atoms with van der Waals surface area (Å²) in [6, 6.07) is 1.73. The van der Waals surface area contributed by atoms with E-state index in [2.05, 4.69) is 0 Å². The fourth-order valence-electron chi connectivity index (χ4n) is 1.66. The van der Waals surface area contributed by atoms with Gasteiger partial charge in [0, 0.05) is 19.7 Å². The first-order valence-electron chi connectivity index (χ1n) is 5.84. The highest BCUT2D eigenvalue weighted by atomic mass is 32.2. The molecule has 0 heterocycles. The third-order valence-electron chi connectivity index (χ3n) is 2.82. The topological polar surface area (TPSA) is 70.4 Å². The van der Waals surface area contributed by atoms with Gasteiger partial charge in [0.25, 0.3) is 0 Å². The number of hydrogen-bond donors (Lipinski definition) is 0. The molecule has 0 aromatic rings. The van der Waals surface area contributed by atoms with E-state index in [0.717, 1.165) is 12.8 Å². The van der Waals surface area contributed by atoms with Crippen LogP contribution in [-0.2, 0) is 14.8 Å². The Bertz CT molecular complexity index is 344. The molecule has 0 aromatic carbocycles. The molecule has 0 saturated heterocycles. The van der Waals surface area contributed by atoms with E-state index in [9.17, 15) is 8.42 Å². The molecule has 0 aliphatic rings. The molecule has 0 amide bonds. The average molecular weight is 262 g/mol. The van der Waals surface area contributed by atoms with Gasteiger partial charge in [0.05, 0.1) is 12.7 Å². The van der Waals surface area contributed by atoms with Crippen LogP contribution in [0.15, 0.2) is 0 Å². The van der Waals surface area contributed by atoms with Gasteiger partial charge < -0.3 is 4.74 Å². The first-order valence-corrected chi connectivity index (χ1v) is 7.35. The van der Waals surface area contributed by atoms with Crippen molar-refractivity contribution in [3.63, 3.8) is 0 Å². The van der Waals surface area contributed by atoms with Crippen LogP contribution in [-0.4, -0.2) is 44.3 Å². The molecule has 17 heavy (non-hydrogen) atoms. The van der Waals surface area contributed by atoms with Crippen molar-refractivity contribution >= 4 is 10.0 Å². The molecule has 0 fully saturated rings. The van der Waals surface area contributed by atoms with Gasteiger partial charge in [-0.1, -0.05) is 13.8 Å². The zero-order valence-electron chi connectivity index (χ0n) is 11.0. The first kappa shape index (κ1) is 16.4. The Hall–Kier alpha value is -0.640. The molecule has 5 nitrogen and oxygen atoms in total. The standard InChI is InChI=1S/C11H22N2O3S/c1-5-11(6-2)13(7-8-16-4)17(14,15)10(3)9-12/h10-11H,5-8H2,1-4H3. The van der Waals surface area contributed by atoms with Crippen LogP contribution >= 0.6 is 0 Å². The third-order valence-corrected chi connectivity index (χ3v) is 4.95. The second kappa shape index (κ2) is 7.64. The molecule has 0 spiro atoms. The molecular weight excluding hydrogens is 240 g/mol. The van der Waals surface area contributed by atoms with Crippen molar-refractivity contribution in [2.24, 2.45) is 0 Å². The quantitative estimate of drug-likeness (QED) is 0.662. The lowest BCUT2D eigenvalue weighted by Gasteiger charge is -2.30. The lowest BCUT2D eigenvalue weighted by molar-refractivity contribution is 0.163. The van der Waals surface area contributed by atoms with E-state index in [1.165, 1.54) is 18.3 Å². The van der Waals surface area contributed by atoms with E-state index in [-0.39, 0.29) is 6.04 Å². The van der Waals surface area contributed by atoms with Gasteiger partial charge in [-0.3, -0.25) is 0 Å². The largest absolute Gasteiger partial charge is 0.383 e. The lowest BCUT2D eigenvalue weighted by atomic mass is 10.2. The molecule has 0 rings (SSSR count). The maximum absolute atomic E-state index is 12.2. The Morgan fingerprint density at radius 3 is 2.24 bits per heavy atom. The Kier molecular flexibility index (Phi) is 7.35. The van der Waals surface area contributed by atoms with Crippen LogP contribution < -0.4 is 0 Å². The number of nitrogens with zero attached hydrogens (tertiary/aromatic N) is 2. The molecule has 0 saturated carbocycles.